The van der Waals surface area contributed by atoms with Crippen molar-refractivity contribution in [2.45, 2.75) is 26.3 Å². The first-order valence-corrected chi connectivity index (χ1v) is 13.8. The van der Waals surface area contributed by atoms with Gasteiger partial charge in [0.1, 0.15) is 5.75 Å². The molecule has 2 aromatic heterocycles. The van der Waals surface area contributed by atoms with Crippen molar-refractivity contribution in [2.75, 3.05) is 32.2 Å². The zero-order valence-electron chi connectivity index (χ0n) is 23.2. The minimum absolute atomic E-state index is 0.304. The molecule has 41 heavy (non-hydrogen) atoms. The van der Waals surface area contributed by atoms with E-state index >= 15 is 0 Å². The minimum Gasteiger partial charge on any atom is -0.496 e. The topological polar surface area (TPSA) is 89.3 Å². The second-order valence-electron chi connectivity index (χ2n) is 9.98. The Morgan fingerprint density at radius 3 is 2.80 bits per heavy atom. The minimum atomic E-state index is -0.340. The first-order valence-electron chi connectivity index (χ1n) is 13.4. The van der Waals surface area contributed by atoms with E-state index in [-0.39, 0.29) is 12.6 Å². The number of aldehydes is 1. The number of hydrogen-bond donors (Lipinski definition) is 1. The molecule has 1 N–H and O–H groups in total. The molecule has 8 nitrogen and oxygen atoms in total. The number of halogens is 2. The fourth-order valence-electron chi connectivity index (χ4n) is 5.31. The maximum Gasteiger partial charge on any atom is 0.291 e. The number of imidazole rings is 1. The molecule has 0 radical (unpaired) electrons. The van der Waals surface area contributed by atoms with Crippen molar-refractivity contribution in [2.24, 2.45) is 7.05 Å². The highest BCUT2D eigenvalue weighted by molar-refractivity contribution is 6.35. The monoisotopic (exact) mass is 575 g/mol. The molecule has 0 saturated carbocycles. The molecule has 4 aromatic rings. The van der Waals surface area contributed by atoms with Crippen molar-refractivity contribution in [3.05, 3.63) is 82.0 Å². The smallest absolute Gasteiger partial charge is 0.291 e. The van der Waals surface area contributed by atoms with Crippen LogP contribution in [-0.2, 0) is 20.0 Å². The quantitative estimate of drug-likeness (QED) is 0.250. The van der Waals surface area contributed by atoms with E-state index in [1.54, 1.807) is 24.4 Å². The van der Waals surface area contributed by atoms with Crippen LogP contribution >= 0.6 is 11.6 Å². The molecule has 212 valence electrons. The van der Waals surface area contributed by atoms with Gasteiger partial charge in [-0.2, -0.15) is 0 Å². The lowest BCUT2D eigenvalue weighted by Crippen LogP contribution is -2.32. The molecule has 10 heteroatoms. The van der Waals surface area contributed by atoms with E-state index < -0.39 is 0 Å². The number of pyridine rings is 1. The van der Waals surface area contributed by atoms with E-state index in [2.05, 4.69) is 20.2 Å². The predicted molar refractivity (Wildman–Crippen MR) is 158 cm³/mol. The fraction of sp³-hybridized carbons (Fsp3) is 0.290. The molecule has 1 aliphatic rings. The molecule has 0 aliphatic carbocycles. The zero-order valence-corrected chi connectivity index (χ0v) is 24.0. The molecule has 2 aromatic carbocycles. The van der Waals surface area contributed by atoms with E-state index in [1.165, 1.54) is 7.11 Å². The molecule has 0 bridgehead atoms. The second-order valence-corrected chi connectivity index (χ2v) is 10.4. The number of nitrogens with one attached hydrogen (secondary N) is 1. The number of benzene rings is 2. The van der Waals surface area contributed by atoms with E-state index in [0.29, 0.717) is 58.6 Å². The van der Waals surface area contributed by atoms with Gasteiger partial charge in [0.25, 0.3) is 5.91 Å². The lowest BCUT2D eigenvalue weighted by atomic mass is 9.97. The van der Waals surface area contributed by atoms with Crippen LogP contribution < -0.4 is 10.1 Å². The van der Waals surface area contributed by atoms with Gasteiger partial charge in [-0.3, -0.25) is 23.9 Å². The largest absolute Gasteiger partial charge is 0.496 e. The number of alkyl halides is 1. The van der Waals surface area contributed by atoms with Gasteiger partial charge in [-0.05, 0) is 48.7 Å². The molecular weight excluding hydrogens is 545 g/mol. The van der Waals surface area contributed by atoms with Crippen LogP contribution in [0.4, 0.5) is 10.1 Å². The van der Waals surface area contributed by atoms with Crippen LogP contribution in [-0.4, -0.2) is 58.5 Å². The Balaban J connectivity index is 1.42. The molecule has 1 aliphatic heterocycles. The SMILES string of the molecule is COc1cc(-c2nccc(-c3cccc(NC(=O)c4nc5c(n4C)CCN(CCCF)C5)c3C)c2Cl)ccc1C=O. The second kappa shape index (κ2) is 12.2. The number of fused-ring (bicyclic) bond motifs is 1. The van der Waals surface area contributed by atoms with Crippen molar-refractivity contribution >= 4 is 29.5 Å². The fourth-order valence-corrected chi connectivity index (χ4v) is 5.63. The number of carbonyl (C=O) groups excluding carboxylic acids is 2. The van der Waals surface area contributed by atoms with Gasteiger partial charge in [0, 0.05) is 61.8 Å². The van der Waals surface area contributed by atoms with Crippen LogP contribution in [0.2, 0.25) is 5.02 Å². The van der Waals surface area contributed by atoms with E-state index in [9.17, 15) is 14.0 Å². The number of anilines is 1. The van der Waals surface area contributed by atoms with Gasteiger partial charge in [0.05, 0.1) is 35.8 Å². The van der Waals surface area contributed by atoms with Crippen LogP contribution in [0.15, 0.2) is 48.7 Å². The average Bonchev–Trinajstić information content (AvgIpc) is 3.32. The molecule has 0 atom stereocenters. The molecular formula is C31H31ClFN5O3. The van der Waals surface area contributed by atoms with Crippen LogP contribution in [0.1, 0.15) is 44.3 Å². The van der Waals surface area contributed by atoms with Crippen molar-refractivity contribution in [1.82, 2.24) is 19.4 Å². The summed E-state index contributed by atoms with van der Waals surface area (Å²) in [4.78, 5) is 36.0. The summed E-state index contributed by atoms with van der Waals surface area (Å²) in [6.07, 6.45) is 3.67. The summed E-state index contributed by atoms with van der Waals surface area (Å²) in [5.74, 6) is 0.468. The lowest BCUT2D eigenvalue weighted by Gasteiger charge is -2.26. The zero-order chi connectivity index (χ0) is 29.1. The van der Waals surface area contributed by atoms with Crippen LogP contribution in [0, 0.1) is 6.92 Å². The standard InChI is InChI=1S/C31H31ClFN5O3/c1-19-22(23-10-13-34-29(28(23)32)20-8-9-21(18-39)27(16-20)41-3)6-4-7-24(19)36-31(40)30-35-25-17-38(14-5-12-33)15-11-26(25)37(30)2/h4,6-10,13,16,18H,5,11-12,14-15,17H2,1-3H3,(H,36,40). The molecule has 0 unspecified atom stereocenters. The third-order valence-electron chi connectivity index (χ3n) is 7.54. The summed E-state index contributed by atoms with van der Waals surface area (Å²) in [5.41, 5.74) is 6.67. The molecule has 3 heterocycles. The lowest BCUT2D eigenvalue weighted by molar-refractivity contribution is 0.101. The highest BCUT2D eigenvalue weighted by Gasteiger charge is 2.26. The predicted octanol–water partition coefficient (Wildman–Crippen LogP) is 5.90. The van der Waals surface area contributed by atoms with Gasteiger partial charge in [0.2, 0.25) is 0 Å². The van der Waals surface area contributed by atoms with Crippen LogP contribution in [0.3, 0.4) is 0 Å². The van der Waals surface area contributed by atoms with Crippen molar-refractivity contribution in [1.29, 1.82) is 0 Å². The number of methoxy groups -OCH3 is 1. The summed E-state index contributed by atoms with van der Waals surface area (Å²) >= 11 is 6.90. The molecule has 0 spiro atoms. The van der Waals surface area contributed by atoms with E-state index in [1.807, 2.05) is 42.8 Å². The summed E-state index contributed by atoms with van der Waals surface area (Å²) in [6, 6.07) is 12.7. The number of hydrogen-bond acceptors (Lipinski definition) is 6. The normalized spacial score (nSPS) is 13.1. The number of carbonyl (C=O) groups is 2. The number of ether oxygens (including phenoxy) is 1. The number of aromatic nitrogens is 3. The Bertz CT molecular complexity index is 1620. The molecule has 1 amide bonds. The number of rotatable bonds is 9. The van der Waals surface area contributed by atoms with Gasteiger partial charge in [-0.15, -0.1) is 0 Å². The number of amides is 1. The Hall–Kier alpha value is -4.08. The summed E-state index contributed by atoms with van der Waals surface area (Å²) in [7, 11) is 3.36. The summed E-state index contributed by atoms with van der Waals surface area (Å²) in [5, 5.41) is 3.47. The molecule has 0 saturated heterocycles. The summed E-state index contributed by atoms with van der Waals surface area (Å²) in [6.45, 7) is 3.69. The maximum absolute atomic E-state index is 13.4. The van der Waals surface area contributed by atoms with Gasteiger partial charge in [-0.25, -0.2) is 4.98 Å². The highest BCUT2D eigenvalue weighted by Crippen LogP contribution is 2.39. The maximum atomic E-state index is 13.4. The third kappa shape index (κ3) is 5.60. The average molecular weight is 576 g/mol. The third-order valence-corrected chi connectivity index (χ3v) is 7.92. The highest BCUT2D eigenvalue weighted by atomic mass is 35.5. The van der Waals surface area contributed by atoms with Gasteiger partial charge in [0.15, 0.2) is 12.1 Å². The molecule has 0 fully saturated rings. The Labute approximate surface area is 243 Å². The van der Waals surface area contributed by atoms with Gasteiger partial charge >= 0.3 is 0 Å². The van der Waals surface area contributed by atoms with Crippen molar-refractivity contribution in [3.63, 3.8) is 0 Å². The number of nitrogens with zero attached hydrogens (tertiary/aromatic N) is 4. The van der Waals surface area contributed by atoms with E-state index in [0.717, 1.165) is 47.3 Å². The van der Waals surface area contributed by atoms with Crippen molar-refractivity contribution in [3.8, 4) is 28.1 Å². The van der Waals surface area contributed by atoms with Crippen LogP contribution in [0.25, 0.3) is 22.4 Å². The first kappa shape index (κ1) is 28.4. The van der Waals surface area contributed by atoms with Crippen molar-refractivity contribution < 1.29 is 18.7 Å². The summed E-state index contributed by atoms with van der Waals surface area (Å²) < 4.78 is 19.8. The first-order chi connectivity index (χ1) is 19.9. The Morgan fingerprint density at radius 2 is 2.05 bits per heavy atom. The van der Waals surface area contributed by atoms with E-state index in [4.69, 9.17) is 16.3 Å². The Kier molecular flexibility index (Phi) is 8.46. The van der Waals surface area contributed by atoms with Gasteiger partial charge < -0.3 is 14.6 Å². The van der Waals surface area contributed by atoms with Crippen LogP contribution in [0.5, 0.6) is 5.75 Å². The Morgan fingerprint density at radius 1 is 1.22 bits per heavy atom. The van der Waals surface area contributed by atoms with Gasteiger partial charge in [-0.1, -0.05) is 29.8 Å². The molecule has 5 rings (SSSR count).